The summed E-state index contributed by atoms with van der Waals surface area (Å²) in [6, 6.07) is 8.39. The van der Waals surface area contributed by atoms with E-state index in [0.29, 0.717) is 16.5 Å². The largest absolute Gasteiger partial charge is 0.397 e. The van der Waals surface area contributed by atoms with Crippen LogP contribution >= 0.6 is 23.4 Å². The highest BCUT2D eigenvalue weighted by atomic mass is 35.5. The molecule has 49 heavy (non-hydrogen) atoms. The summed E-state index contributed by atoms with van der Waals surface area (Å²) in [6.45, 7) is 0. The van der Waals surface area contributed by atoms with Crippen LogP contribution in [0.1, 0.15) is 0 Å². The maximum Gasteiger partial charge on any atom is 0.271 e. The fourth-order valence-electron chi connectivity index (χ4n) is 5.17. The molecule has 0 saturated carbocycles. The number of nitrogens with two attached hydrogens (primary N) is 1. The van der Waals surface area contributed by atoms with Crippen molar-refractivity contribution in [1.82, 2.24) is 0 Å². The van der Waals surface area contributed by atoms with Crippen LogP contribution in [0, 0.1) is 20.2 Å². The zero-order valence-corrected chi connectivity index (χ0v) is 27.9. The number of non-ortho nitro benzene ring substituents is 2. The highest BCUT2D eigenvalue weighted by Gasteiger charge is 2.48. The summed E-state index contributed by atoms with van der Waals surface area (Å²) < 4.78 is 0. The van der Waals surface area contributed by atoms with E-state index in [-0.39, 0.29) is 23.0 Å². The number of nitrogen functional groups attached to an aromatic ring is 1. The number of carbonyl (C=O) groups is 1. The second kappa shape index (κ2) is 21.3. The smallest absolute Gasteiger partial charge is 0.271 e. The number of nitro groups is 2. The fourth-order valence-corrected chi connectivity index (χ4v) is 6.07. The lowest BCUT2D eigenvalue weighted by Gasteiger charge is -2.46. The maximum atomic E-state index is 11.0. The van der Waals surface area contributed by atoms with Gasteiger partial charge in [-0.3, -0.25) is 25.0 Å². The minimum Gasteiger partial charge on any atom is -0.397 e. The molecule has 0 unspecified atom stereocenters. The summed E-state index contributed by atoms with van der Waals surface area (Å²) in [5, 5.41) is 23.5. The first kappa shape index (κ1) is 45.7. The van der Waals surface area contributed by atoms with Crippen molar-refractivity contribution in [3.05, 3.63) is 61.6 Å². The van der Waals surface area contributed by atoms with Gasteiger partial charge in [-0.1, -0.05) is 11.6 Å². The molecule has 202 valence electrons. The van der Waals surface area contributed by atoms with E-state index in [0.717, 1.165) is 4.90 Å². The highest BCUT2D eigenvalue weighted by Crippen LogP contribution is 2.33. The van der Waals surface area contributed by atoms with Gasteiger partial charge in [0, 0.05) is 200 Å². The number of thioether (sulfide) groups is 1. The predicted molar refractivity (Wildman–Crippen MR) is 233 cm³/mol. The van der Waals surface area contributed by atoms with Gasteiger partial charge in [-0.2, -0.15) is 0 Å². The number of nitrogens with one attached hydrogen (secondary N) is 1. The fraction of sp³-hybridized carbons (Fsp3) is 0.0714. The lowest BCUT2D eigenvalue weighted by atomic mass is 8.35. The number of hydrogen-bond acceptors (Lipinski definition) is 7. The molecule has 1 heterocycles. The second-order valence-corrected chi connectivity index (χ2v) is 12.5. The molecule has 0 saturated heterocycles. The van der Waals surface area contributed by atoms with E-state index in [4.69, 9.17) is 118 Å². The van der Waals surface area contributed by atoms with Gasteiger partial charge in [0.05, 0.1) is 32.0 Å². The maximum absolute atomic E-state index is 11.0. The van der Waals surface area contributed by atoms with Crippen molar-refractivity contribution in [2.24, 2.45) is 0 Å². The first-order valence-corrected chi connectivity index (χ1v) is 15.7. The molecule has 2 aromatic carbocycles. The Labute approximate surface area is 319 Å². The number of nitro benzene ring substituents is 2. The lowest BCUT2D eigenvalue weighted by molar-refractivity contribution is -0.385. The molecule has 0 bridgehead atoms. The Morgan fingerprint density at radius 3 is 1.49 bits per heavy atom. The minimum absolute atomic E-state index is 0.00782. The van der Waals surface area contributed by atoms with Gasteiger partial charge in [0.1, 0.15) is 0 Å². The van der Waals surface area contributed by atoms with Crippen molar-refractivity contribution < 1.29 is 14.6 Å². The third kappa shape index (κ3) is 14.0. The van der Waals surface area contributed by atoms with Crippen LogP contribution < -0.4 is 11.1 Å². The van der Waals surface area contributed by atoms with E-state index in [2.05, 4.69) is 5.32 Å². The predicted octanol–water partition coefficient (Wildman–Crippen LogP) is -5.67. The van der Waals surface area contributed by atoms with Crippen LogP contribution in [0.25, 0.3) is 0 Å². The quantitative estimate of drug-likeness (QED) is 0.102. The van der Waals surface area contributed by atoms with Crippen LogP contribution in [0.4, 0.5) is 22.7 Å². The van der Waals surface area contributed by atoms with Gasteiger partial charge in [-0.25, -0.2) is 0 Å². The van der Waals surface area contributed by atoms with Crippen LogP contribution in [0.15, 0.2) is 41.3 Å². The Morgan fingerprint density at radius 1 is 0.673 bits per heavy atom. The van der Waals surface area contributed by atoms with Crippen molar-refractivity contribution in [2.75, 3.05) is 16.8 Å². The summed E-state index contributed by atoms with van der Waals surface area (Å²) in [5.74, 6) is 0.244. The Hall–Kier alpha value is -1.29. The summed E-state index contributed by atoms with van der Waals surface area (Å²) in [5.41, 5.74) is 6.02. The Kier molecular flexibility index (Phi) is 19.9. The normalized spacial score (nSPS) is 10.8. The van der Waals surface area contributed by atoms with Gasteiger partial charge in [-0.05, 0) is 12.1 Å². The summed E-state index contributed by atoms with van der Waals surface area (Å²) in [7, 11) is 76.2. The van der Waals surface area contributed by atoms with Crippen molar-refractivity contribution in [3.63, 3.8) is 0 Å². The van der Waals surface area contributed by atoms with E-state index in [1.807, 2.05) is 0 Å². The van der Waals surface area contributed by atoms with Gasteiger partial charge in [0.15, 0.2) is 0 Å². The molecule has 1 aliphatic rings. The molecule has 9 nitrogen and oxygen atoms in total. The highest BCUT2D eigenvalue weighted by molar-refractivity contribution is 8.23. The van der Waals surface area contributed by atoms with Crippen LogP contribution in [0.2, 0.25) is 5.02 Å². The van der Waals surface area contributed by atoms with Gasteiger partial charge in [-0.15, -0.1) is 11.8 Å². The number of nitrogens with zero attached hydrogens (tertiary/aromatic N) is 2. The average molecular weight is 642 g/mol. The molecule has 3 rings (SSSR count). The van der Waals surface area contributed by atoms with Crippen LogP contribution in [0.3, 0.4) is 0 Å². The van der Waals surface area contributed by atoms with Gasteiger partial charge >= 0.3 is 0 Å². The Morgan fingerprint density at radius 2 is 1.10 bits per heavy atom. The van der Waals surface area contributed by atoms with E-state index in [1.54, 1.807) is 6.07 Å². The SMILES string of the molecule is Nc1cc([N+](=O)[O-])ccc1Cl.O=C1CSc2ccc([N+](=O)[O-])cc2N1.[B]B([B])B([B])B(B([B])[B])B(B(B([B])[B])B([B])[B])B(B([B])[B])B([B])[B]. The molecule has 0 fully saturated rings. The van der Waals surface area contributed by atoms with E-state index >= 15 is 0 Å². The molecule has 26 radical (unpaired) electrons. The summed E-state index contributed by atoms with van der Waals surface area (Å²) in [6.07, 6.45) is -9.56. The molecule has 3 N–H and O–H groups in total. The number of amides is 1. The molecule has 0 aliphatic carbocycles. The molecular weight excluding hydrogens is 631 g/mol. The molecule has 0 atom stereocenters. The molecular formula is C14H11B24ClN4O5S. The van der Waals surface area contributed by atoms with Crippen molar-refractivity contribution in [1.29, 1.82) is 0 Å². The summed E-state index contributed by atoms with van der Waals surface area (Å²) in [4.78, 5) is 31.5. The average Bonchev–Trinajstić information content (AvgIpc) is 2.97. The molecule has 0 aromatic heterocycles. The third-order valence-corrected chi connectivity index (χ3v) is 8.86. The van der Waals surface area contributed by atoms with Gasteiger partial charge in [0.25, 0.3) is 11.4 Å². The second-order valence-electron chi connectivity index (χ2n) is 11.1. The Bertz CT molecular complexity index is 1380. The van der Waals surface area contributed by atoms with Crippen molar-refractivity contribution in [3.8, 4) is 0 Å². The third-order valence-electron chi connectivity index (χ3n) is 7.44. The molecule has 1 amide bonds. The number of fused-ring (bicyclic) bond motifs is 1. The summed E-state index contributed by atoms with van der Waals surface area (Å²) >= 11 is 6.92. The zero-order valence-electron chi connectivity index (χ0n) is 26.3. The number of rotatable bonds is 12. The molecule has 0 spiro atoms. The lowest BCUT2D eigenvalue weighted by Crippen LogP contribution is -2.84. The Balaban J connectivity index is 0.000000401. The molecule has 1 aliphatic heterocycles. The van der Waals surface area contributed by atoms with E-state index in [9.17, 15) is 25.0 Å². The monoisotopic (exact) mass is 646 g/mol. The molecule has 2 aromatic rings. The number of benzene rings is 2. The van der Waals surface area contributed by atoms with Crippen LogP contribution in [-0.4, -0.2) is 192 Å². The minimum atomic E-state index is -0.973. The first-order chi connectivity index (χ1) is 22.6. The van der Waals surface area contributed by atoms with Crippen LogP contribution in [-0.2, 0) is 4.79 Å². The number of halogens is 1. The van der Waals surface area contributed by atoms with Gasteiger partial charge < -0.3 is 11.1 Å². The van der Waals surface area contributed by atoms with Crippen molar-refractivity contribution in [2.45, 2.75) is 4.90 Å². The van der Waals surface area contributed by atoms with Gasteiger partial charge in [0.2, 0.25) is 5.91 Å². The van der Waals surface area contributed by atoms with Crippen molar-refractivity contribution >= 4 is 223 Å². The molecule has 35 heteroatoms. The first-order valence-electron chi connectivity index (χ1n) is 14.3. The van der Waals surface area contributed by atoms with Crippen LogP contribution in [0.5, 0.6) is 0 Å². The number of carbonyl (C=O) groups excluding carboxylic acids is 1. The topological polar surface area (TPSA) is 141 Å². The zero-order chi connectivity index (χ0) is 37.9. The standard InChI is InChI=1S/C8H6N2O3S.C6H5ClN2O2.B24/c11-8-4-14-7-2-1-5(10(12)13)3-6(7)9-8;7-5-2-1-4(9(10)11)3-6(5)8;1-14(2)20(13)23(19(11)12)24(21(15(3)4)16(5)6)22(17(7)8)18(9)10/h1-3H,4H2,(H,9,11);1-3H,8H2;. The number of hydrogen-bond donors (Lipinski definition) is 2. The van der Waals surface area contributed by atoms with E-state index < -0.39 is 80.1 Å². The number of anilines is 2. The van der Waals surface area contributed by atoms with E-state index in [1.165, 1.54) is 42.1 Å².